The number of aromatic amines is 1. The summed E-state index contributed by atoms with van der Waals surface area (Å²) in [6, 6.07) is 23.8. The maximum Gasteiger partial charge on any atom is 0.272 e. The Hall–Kier alpha value is -3.40. The summed E-state index contributed by atoms with van der Waals surface area (Å²) < 4.78 is 5.21. The zero-order chi connectivity index (χ0) is 17.2. The second-order valence-electron chi connectivity index (χ2n) is 5.76. The van der Waals surface area contributed by atoms with Crippen molar-refractivity contribution in [2.24, 2.45) is 0 Å². The smallest absolute Gasteiger partial charge is 0.272 e. The molecular formula is C21H16N2O2. The summed E-state index contributed by atoms with van der Waals surface area (Å²) in [5.41, 5.74) is 3.78. The van der Waals surface area contributed by atoms with E-state index < -0.39 is 0 Å². The molecule has 0 aliphatic rings. The van der Waals surface area contributed by atoms with Crippen LogP contribution in [0.3, 0.4) is 0 Å². The second-order valence-corrected chi connectivity index (χ2v) is 5.76. The van der Waals surface area contributed by atoms with Crippen molar-refractivity contribution in [1.29, 1.82) is 0 Å². The number of ether oxygens (including phenoxy) is 1. The Labute approximate surface area is 144 Å². The lowest BCUT2D eigenvalue weighted by atomic mass is 10.0. The van der Waals surface area contributed by atoms with E-state index in [1.165, 1.54) is 0 Å². The maximum atomic E-state index is 12.1. The largest absolute Gasteiger partial charge is 0.497 e. The average Bonchev–Trinajstić information content (AvgIpc) is 2.69. The number of nitrogens with zero attached hydrogens (tertiary/aromatic N) is 1. The highest BCUT2D eigenvalue weighted by Crippen LogP contribution is 2.28. The quantitative estimate of drug-likeness (QED) is 0.611. The molecule has 0 radical (unpaired) electrons. The lowest BCUT2D eigenvalue weighted by Crippen LogP contribution is -2.09. The van der Waals surface area contributed by atoms with Crippen LogP contribution < -0.4 is 10.3 Å². The molecule has 4 aromatic rings. The van der Waals surface area contributed by atoms with Crippen LogP contribution in [-0.2, 0) is 0 Å². The Balaban J connectivity index is 1.82. The molecule has 0 bridgehead atoms. The fourth-order valence-electron chi connectivity index (χ4n) is 2.94. The van der Waals surface area contributed by atoms with Gasteiger partial charge in [0.15, 0.2) is 0 Å². The number of hydrogen-bond donors (Lipinski definition) is 1. The van der Waals surface area contributed by atoms with Crippen molar-refractivity contribution >= 4 is 10.8 Å². The third kappa shape index (κ3) is 2.78. The number of hydrogen-bond acceptors (Lipinski definition) is 3. The van der Waals surface area contributed by atoms with E-state index in [0.29, 0.717) is 11.1 Å². The van der Waals surface area contributed by atoms with Crippen LogP contribution in [0.25, 0.3) is 33.2 Å². The minimum Gasteiger partial charge on any atom is -0.497 e. The third-order valence-corrected chi connectivity index (χ3v) is 4.26. The molecule has 0 atom stereocenters. The Morgan fingerprint density at radius 1 is 0.800 bits per heavy atom. The Kier molecular flexibility index (Phi) is 3.78. The zero-order valence-electron chi connectivity index (χ0n) is 13.7. The highest BCUT2D eigenvalue weighted by atomic mass is 16.5. The first-order valence-corrected chi connectivity index (χ1v) is 7.98. The number of H-pyrrole nitrogens is 1. The van der Waals surface area contributed by atoms with E-state index in [2.05, 4.69) is 34.5 Å². The second kappa shape index (κ2) is 6.24. The summed E-state index contributed by atoms with van der Waals surface area (Å²) in [4.78, 5) is 12.1. The molecule has 1 N–H and O–H groups in total. The van der Waals surface area contributed by atoms with Crippen LogP contribution in [-0.4, -0.2) is 17.3 Å². The third-order valence-electron chi connectivity index (χ3n) is 4.26. The van der Waals surface area contributed by atoms with Gasteiger partial charge in [-0.1, -0.05) is 54.6 Å². The summed E-state index contributed by atoms with van der Waals surface area (Å²) in [5.74, 6) is 0.648. The van der Waals surface area contributed by atoms with Gasteiger partial charge in [-0.25, -0.2) is 5.10 Å². The van der Waals surface area contributed by atoms with E-state index in [1.54, 1.807) is 13.2 Å². The van der Waals surface area contributed by atoms with Crippen LogP contribution >= 0.6 is 0 Å². The van der Waals surface area contributed by atoms with Gasteiger partial charge in [-0.2, -0.15) is 5.10 Å². The molecule has 4 rings (SSSR count). The molecule has 0 fully saturated rings. The van der Waals surface area contributed by atoms with Gasteiger partial charge in [0.1, 0.15) is 5.75 Å². The predicted molar refractivity (Wildman–Crippen MR) is 99.8 cm³/mol. The van der Waals surface area contributed by atoms with Crippen molar-refractivity contribution in [3.05, 3.63) is 83.2 Å². The summed E-state index contributed by atoms with van der Waals surface area (Å²) >= 11 is 0. The molecule has 1 heterocycles. The first kappa shape index (κ1) is 15.1. The fourth-order valence-corrected chi connectivity index (χ4v) is 2.94. The van der Waals surface area contributed by atoms with Crippen molar-refractivity contribution in [2.75, 3.05) is 7.11 Å². The van der Waals surface area contributed by atoms with Gasteiger partial charge in [0.05, 0.1) is 18.2 Å². The summed E-state index contributed by atoms with van der Waals surface area (Å²) in [5, 5.41) is 8.20. The van der Waals surface area contributed by atoms with Gasteiger partial charge in [-0.3, -0.25) is 4.79 Å². The van der Waals surface area contributed by atoms with E-state index in [1.807, 2.05) is 42.5 Å². The first-order valence-electron chi connectivity index (χ1n) is 7.98. The molecule has 4 heteroatoms. The SMILES string of the molecule is COc1ccc2c(-c3ccc(-c4ccccc4)cc3)n[nH]c(=O)c2c1. The molecule has 122 valence electrons. The van der Waals surface area contributed by atoms with Gasteiger partial charge in [-0.15, -0.1) is 0 Å². The zero-order valence-corrected chi connectivity index (χ0v) is 13.7. The number of nitrogens with one attached hydrogen (secondary N) is 1. The van der Waals surface area contributed by atoms with Gasteiger partial charge < -0.3 is 4.74 Å². The molecule has 1 aromatic heterocycles. The normalized spacial score (nSPS) is 10.8. The maximum absolute atomic E-state index is 12.1. The molecule has 4 nitrogen and oxygen atoms in total. The van der Waals surface area contributed by atoms with Gasteiger partial charge >= 0.3 is 0 Å². The highest BCUT2D eigenvalue weighted by molar-refractivity contribution is 5.94. The fraction of sp³-hybridized carbons (Fsp3) is 0.0476. The monoisotopic (exact) mass is 328 g/mol. The molecule has 0 aliphatic heterocycles. The van der Waals surface area contributed by atoms with Crippen molar-refractivity contribution in [1.82, 2.24) is 10.2 Å². The predicted octanol–water partition coefficient (Wildman–Crippen LogP) is 4.27. The summed E-state index contributed by atoms with van der Waals surface area (Å²) in [6.07, 6.45) is 0. The van der Waals surface area contributed by atoms with E-state index in [0.717, 1.165) is 27.8 Å². The molecule has 0 unspecified atom stereocenters. The van der Waals surface area contributed by atoms with Crippen LogP contribution in [0.4, 0.5) is 0 Å². The van der Waals surface area contributed by atoms with Crippen molar-refractivity contribution in [3.8, 4) is 28.1 Å². The molecule has 0 amide bonds. The molecule has 0 saturated heterocycles. The van der Waals surface area contributed by atoms with Crippen molar-refractivity contribution < 1.29 is 4.74 Å². The van der Waals surface area contributed by atoms with Gasteiger partial charge in [0.2, 0.25) is 0 Å². The number of rotatable bonds is 3. The van der Waals surface area contributed by atoms with Crippen molar-refractivity contribution in [3.63, 3.8) is 0 Å². The van der Waals surface area contributed by atoms with Gasteiger partial charge in [-0.05, 0) is 29.3 Å². The topological polar surface area (TPSA) is 55.0 Å². The lowest BCUT2D eigenvalue weighted by Gasteiger charge is -2.08. The number of fused-ring (bicyclic) bond motifs is 1. The molecule has 3 aromatic carbocycles. The molecule has 0 spiro atoms. The van der Waals surface area contributed by atoms with E-state index >= 15 is 0 Å². The Bertz CT molecular complexity index is 1080. The first-order chi connectivity index (χ1) is 12.3. The minimum atomic E-state index is -0.224. The Morgan fingerprint density at radius 3 is 2.20 bits per heavy atom. The molecule has 0 aliphatic carbocycles. The van der Waals surface area contributed by atoms with Gasteiger partial charge in [0.25, 0.3) is 5.56 Å². The summed E-state index contributed by atoms with van der Waals surface area (Å²) in [7, 11) is 1.58. The number of methoxy groups -OCH3 is 1. The minimum absolute atomic E-state index is 0.224. The Morgan fingerprint density at radius 2 is 1.48 bits per heavy atom. The van der Waals surface area contributed by atoms with Crippen LogP contribution in [0.2, 0.25) is 0 Å². The standard InChI is InChI=1S/C21H16N2O2/c1-25-17-11-12-18-19(13-17)21(24)23-22-20(18)16-9-7-15(8-10-16)14-5-3-2-4-6-14/h2-13H,1H3,(H,23,24). The highest BCUT2D eigenvalue weighted by Gasteiger charge is 2.10. The molecule has 25 heavy (non-hydrogen) atoms. The van der Waals surface area contributed by atoms with E-state index in [9.17, 15) is 4.79 Å². The van der Waals surface area contributed by atoms with Gasteiger partial charge in [0, 0.05) is 10.9 Å². The van der Waals surface area contributed by atoms with E-state index in [-0.39, 0.29) is 5.56 Å². The molecule has 0 saturated carbocycles. The number of aromatic nitrogens is 2. The van der Waals surface area contributed by atoms with Crippen molar-refractivity contribution in [2.45, 2.75) is 0 Å². The van der Waals surface area contributed by atoms with Crippen LogP contribution in [0, 0.1) is 0 Å². The van der Waals surface area contributed by atoms with Crippen LogP contribution in [0.5, 0.6) is 5.75 Å². The van der Waals surface area contributed by atoms with Crippen LogP contribution in [0.1, 0.15) is 0 Å². The lowest BCUT2D eigenvalue weighted by molar-refractivity contribution is 0.415. The van der Waals surface area contributed by atoms with E-state index in [4.69, 9.17) is 4.74 Å². The summed E-state index contributed by atoms with van der Waals surface area (Å²) in [6.45, 7) is 0. The molecular weight excluding hydrogens is 312 g/mol. The average molecular weight is 328 g/mol. The van der Waals surface area contributed by atoms with Crippen LogP contribution in [0.15, 0.2) is 77.6 Å². The number of benzene rings is 3.